The lowest BCUT2D eigenvalue weighted by atomic mass is 10.3. The van der Waals surface area contributed by atoms with Crippen LogP contribution in [0.2, 0.25) is 0 Å². The summed E-state index contributed by atoms with van der Waals surface area (Å²) in [6.45, 7) is 4.13. The van der Waals surface area contributed by atoms with Crippen LogP contribution in [-0.4, -0.2) is 17.8 Å². The highest BCUT2D eigenvalue weighted by Gasteiger charge is 2.15. The first-order valence-electron chi connectivity index (χ1n) is 4.11. The Labute approximate surface area is 78.7 Å². The lowest BCUT2D eigenvalue weighted by Gasteiger charge is -2.08. The molecule has 13 heavy (non-hydrogen) atoms. The van der Waals surface area contributed by atoms with E-state index < -0.39 is 0 Å². The molecule has 0 N–H and O–H groups in total. The van der Waals surface area contributed by atoms with Gasteiger partial charge in [0.2, 0.25) is 0 Å². The molecule has 1 unspecified atom stereocenters. The lowest BCUT2D eigenvalue weighted by molar-refractivity contribution is -0.383. The molecule has 0 spiro atoms. The topological polar surface area (TPSA) is 43.1 Å². The zero-order valence-corrected chi connectivity index (χ0v) is 8.62. The van der Waals surface area contributed by atoms with E-state index in [1.165, 1.54) is 0 Å². The maximum Gasteiger partial charge on any atom is 0.276 e. The van der Waals surface area contributed by atoms with E-state index in [1.54, 1.807) is 12.1 Å². The van der Waals surface area contributed by atoms with E-state index in [4.69, 9.17) is 0 Å². The summed E-state index contributed by atoms with van der Waals surface area (Å²) in [7, 11) is -0.368. The smallest absolute Gasteiger partial charge is 0.258 e. The molecule has 0 radical (unpaired) electrons. The summed E-state index contributed by atoms with van der Waals surface area (Å²) >= 11 is 0. The molecule has 1 aromatic rings. The SMILES string of the molecule is CCP(C)c1ccccc1[N+](=O)[O-]. The van der Waals surface area contributed by atoms with Gasteiger partial charge in [0, 0.05) is 6.07 Å². The summed E-state index contributed by atoms with van der Waals surface area (Å²) in [5.41, 5.74) is 0.262. The Morgan fingerprint density at radius 1 is 1.46 bits per heavy atom. The zero-order valence-electron chi connectivity index (χ0n) is 7.73. The van der Waals surface area contributed by atoms with Gasteiger partial charge in [0.05, 0.1) is 10.2 Å². The standard InChI is InChI=1S/C9H12NO2P/c1-3-13(2)9-7-5-4-6-8(9)10(11)12/h4-7H,3H2,1-2H3. The molecule has 0 aliphatic heterocycles. The molecule has 0 aromatic heterocycles. The fourth-order valence-corrected chi connectivity index (χ4v) is 2.34. The van der Waals surface area contributed by atoms with Gasteiger partial charge in [0.25, 0.3) is 5.69 Å². The van der Waals surface area contributed by atoms with Crippen LogP contribution in [0.1, 0.15) is 6.92 Å². The van der Waals surface area contributed by atoms with Crippen molar-refractivity contribution in [3.63, 3.8) is 0 Å². The van der Waals surface area contributed by atoms with Crippen LogP contribution >= 0.6 is 7.92 Å². The van der Waals surface area contributed by atoms with Gasteiger partial charge in [-0.3, -0.25) is 10.1 Å². The van der Waals surface area contributed by atoms with E-state index in [1.807, 2.05) is 12.1 Å². The maximum atomic E-state index is 10.7. The molecule has 0 aliphatic rings. The van der Waals surface area contributed by atoms with Crippen LogP contribution in [0, 0.1) is 10.1 Å². The number of benzene rings is 1. The summed E-state index contributed by atoms with van der Waals surface area (Å²) in [6.07, 6.45) is 0.986. The van der Waals surface area contributed by atoms with Crippen molar-refractivity contribution in [2.45, 2.75) is 6.92 Å². The number of nitro groups is 1. The van der Waals surface area contributed by atoms with Crippen molar-refractivity contribution in [1.29, 1.82) is 0 Å². The van der Waals surface area contributed by atoms with Gasteiger partial charge in [-0.2, -0.15) is 0 Å². The minimum Gasteiger partial charge on any atom is -0.258 e. The summed E-state index contributed by atoms with van der Waals surface area (Å²) in [4.78, 5) is 10.4. The molecule has 70 valence electrons. The molecule has 0 fully saturated rings. The molecule has 0 heterocycles. The zero-order chi connectivity index (χ0) is 9.84. The second-order valence-electron chi connectivity index (χ2n) is 2.76. The Kier molecular flexibility index (Phi) is 3.38. The molecular formula is C9H12NO2P. The first kappa shape index (κ1) is 10.1. The predicted octanol–water partition coefficient (Wildman–Crippen LogP) is 2.35. The van der Waals surface area contributed by atoms with E-state index in [-0.39, 0.29) is 18.5 Å². The molecule has 0 aliphatic carbocycles. The number of nitrogens with zero attached hydrogens (tertiary/aromatic N) is 1. The third-order valence-corrected chi connectivity index (χ3v) is 4.11. The van der Waals surface area contributed by atoms with Gasteiger partial charge >= 0.3 is 0 Å². The molecule has 0 saturated carbocycles. The van der Waals surface area contributed by atoms with Crippen LogP contribution in [0.4, 0.5) is 5.69 Å². The monoisotopic (exact) mass is 197 g/mol. The summed E-state index contributed by atoms with van der Waals surface area (Å²) < 4.78 is 0. The van der Waals surface area contributed by atoms with Crippen molar-refractivity contribution < 1.29 is 4.92 Å². The molecule has 1 atom stereocenters. The normalized spacial score (nSPS) is 12.5. The maximum absolute atomic E-state index is 10.7. The van der Waals surface area contributed by atoms with Crippen molar-refractivity contribution in [3.8, 4) is 0 Å². The molecule has 3 nitrogen and oxygen atoms in total. The van der Waals surface area contributed by atoms with Crippen molar-refractivity contribution >= 4 is 18.9 Å². The second kappa shape index (κ2) is 4.33. The summed E-state index contributed by atoms with van der Waals surface area (Å²) in [5, 5.41) is 11.6. The highest BCUT2D eigenvalue weighted by atomic mass is 31.1. The minimum atomic E-state index is -0.368. The van der Waals surface area contributed by atoms with Gasteiger partial charge in [-0.15, -0.1) is 0 Å². The van der Waals surface area contributed by atoms with E-state index in [9.17, 15) is 10.1 Å². The number of rotatable bonds is 3. The van der Waals surface area contributed by atoms with Crippen molar-refractivity contribution in [1.82, 2.24) is 0 Å². The van der Waals surface area contributed by atoms with Crippen LogP contribution in [-0.2, 0) is 0 Å². The molecule has 0 amide bonds. The highest BCUT2D eigenvalue weighted by Crippen LogP contribution is 2.32. The van der Waals surface area contributed by atoms with E-state index in [2.05, 4.69) is 13.6 Å². The van der Waals surface area contributed by atoms with E-state index in [0.29, 0.717) is 0 Å². The minimum absolute atomic E-state index is 0.262. The van der Waals surface area contributed by atoms with Crippen LogP contribution in [0.3, 0.4) is 0 Å². The predicted molar refractivity (Wildman–Crippen MR) is 56.1 cm³/mol. The molecule has 4 heteroatoms. The average Bonchev–Trinajstić information content (AvgIpc) is 2.16. The Morgan fingerprint density at radius 2 is 2.08 bits per heavy atom. The summed E-state index contributed by atoms with van der Waals surface area (Å²) in [5.74, 6) is 0. The Hall–Kier alpha value is -0.950. The van der Waals surface area contributed by atoms with E-state index >= 15 is 0 Å². The van der Waals surface area contributed by atoms with E-state index in [0.717, 1.165) is 11.5 Å². The van der Waals surface area contributed by atoms with Crippen LogP contribution in [0.5, 0.6) is 0 Å². The van der Waals surface area contributed by atoms with Gasteiger partial charge in [-0.05, 0) is 18.9 Å². The van der Waals surface area contributed by atoms with Gasteiger partial charge in [-0.25, -0.2) is 0 Å². The highest BCUT2D eigenvalue weighted by molar-refractivity contribution is 7.65. The van der Waals surface area contributed by atoms with Crippen molar-refractivity contribution in [2.75, 3.05) is 12.8 Å². The molecule has 0 bridgehead atoms. The molecule has 0 saturated heterocycles. The third kappa shape index (κ3) is 2.25. The summed E-state index contributed by atoms with van der Waals surface area (Å²) in [6, 6.07) is 6.99. The Balaban J connectivity index is 3.11. The number of hydrogen-bond acceptors (Lipinski definition) is 2. The van der Waals surface area contributed by atoms with Gasteiger partial charge in [0.15, 0.2) is 0 Å². The second-order valence-corrected chi connectivity index (χ2v) is 5.27. The molecular weight excluding hydrogens is 185 g/mol. The fourth-order valence-electron chi connectivity index (χ4n) is 1.11. The van der Waals surface area contributed by atoms with Gasteiger partial charge < -0.3 is 0 Å². The lowest BCUT2D eigenvalue weighted by Crippen LogP contribution is -2.07. The average molecular weight is 197 g/mol. The quantitative estimate of drug-likeness (QED) is 0.424. The first-order valence-corrected chi connectivity index (χ1v) is 6.08. The van der Waals surface area contributed by atoms with Crippen molar-refractivity contribution in [2.24, 2.45) is 0 Å². The van der Waals surface area contributed by atoms with Crippen LogP contribution in [0.15, 0.2) is 24.3 Å². The molecule has 1 aromatic carbocycles. The number of para-hydroxylation sites is 1. The number of hydrogen-bond donors (Lipinski definition) is 0. The fraction of sp³-hybridized carbons (Fsp3) is 0.333. The van der Waals surface area contributed by atoms with Crippen molar-refractivity contribution in [3.05, 3.63) is 34.4 Å². The molecule has 1 rings (SSSR count). The van der Waals surface area contributed by atoms with Crippen LogP contribution in [0.25, 0.3) is 0 Å². The largest absolute Gasteiger partial charge is 0.276 e. The van der Waals surface area contributed by atoms with Gasteiger partial charge in [-0.1, -0.05) is 27.0 Å². The number of nitro benzene ring substituents is 1. The third-order valence-electron chi connectivity index (χ3n) is 1.96. The van der Waals surface area contributed by atoms with Crippen LogP contribution < -0.4 is 5.30 Å². The van der Waals surface area contributed by atoms with Gasteiger partial charge in [0.1, 0.15) is 0 Å². The first-order chi connectivity index (χ1) is 6.16. The Bertz CT molecular complexity index is 314. The Morgan fingerprint density at radius 3 is 2.62 bits per heavy atom.